The zero-order valence-electron chi connectivity index (χ0n) is 9.97. The quantitative estimate of drug-likeness (QED) is 0.777. The number of nitrogens with zero attached hydrogens (tertiary/aromatic N) is 1. The molecule has 0 fully saturated rings. The van der Waals surface area contributed by atoms with E-state index in [-0.39, 0.29) is 0 Å². The molecular formula is C15H14N2S. The van der Waals surface area contributed by atoms with Crippen molar-refractivity contribution in [1.82, 2.24) is 4.98 Å². The lowest BCUT2D eigenvalue weighted by molar-refractivity contribution is 0.975. The molecule has 3 heteroatoms. The van der Waals surface area contributed by atoms with Crippen LogP contribution in [0.15, 0.2) is 47.8 Å². The second-order valence-corrected chi connectivity index (χ2v) is 5.15. The molecule has 0 aliphatic carbocycles. The average molecular weight is 254 g/mol. The Balaban J connectivity index is 2.23. The lowest BCUT2D eigenvalue weighted by atomic mass is 10.0. The number of benzene rings is 1. The minimum atomic E-state index is 0.665. The first kappa shape index (κ1) is 11.4. The Morgan fingerprint density at radius 1 is 1.11 bits per heavy atom. The van der Waals surface area contributed by atoms with Crippen molar-refractivity contribution < 1.29 is 0 Å². The summed E-state index contributed by atoms with van der Waals surface area (Å²) in [6.45, 7) is 0.665. The number of para-hydroxylation sites is 1. The maximum atomic E-state index is 5.70. The second kappa shape index (κ2) is 4.88. The van der Waals surface area contributed by atoms with Crippen molar-refractivity contribution in [3.63, 3.8) is 0 Å². The molecule has 2 heterocycles. The van der Waals surface area contributed by atoms with Gasteiger partial charge < -0.3 is 5.73 Å². The third-order valence-electron chi connectivity index (χ3n) is 2.99. The van der Waals surface area contributed by atoms with Crippen molar-refractivity contribution in [2.45, 2.75) is 6.42 Å². The largest absolute Gasteiger partial charge is 0.330 e. The van der Waals surface area contributed by atoms with Crippen molar-refractivity contribution in [2.24, 2.45) is 5.73 Å². The van der Waals surface area contributed by atoms with E-state index in [9.17, 15) is 0 Å². The van der Waals surface area contributed by atoms with E-state index in [4.69, 9.17) is 10.7 Å². The summed E-state index contributed by atoms with van der Waals surface area (Å²) < 4.78 is 0. The van der Waals surface area contributed by atoms with Crippen LogP contribution in [0.5, 0.6) is 0 Å². The molecule has 2 aromatic heterocycles. The smallest absolute Gasteiger partial charge is 0.0812 e. The fourth-order valence-electron chi connectivity index (χ4n) is 2.16. The lowest BCUT2D eigenvalue weighted by Gasteiger charge is -2.07. The SMILES string of the molecule is NCCc1cc(-c2cccs2)nc2ccccc12. The summed E-state index contributed by atoms with van der Waals surface area (Å²) in [7, 11) is 0. The van der Waals surface area contributed by atoms with Crippen molar-refractivity contribution >= 4 is 22.2 Å². The van der Waals surface area contributed by atoms with Gasteiger partial charge in [0, 0.05) is 5.39 Å². The number of hydrogen-bond acceptors (Lipinski definition) is 3. The van der Waals surface area contributed by atoms with E-state index in [1.165, 1.54) is 15.8 Å². The van der Waals surface area contributed by atoms with Crippen LogP contribution in [0.1, 0.15) is 5.56 Å². The zero-order chi connectivity index (χ0) is 12.4. The molecule has 0 saturated heterocycles. The Hall–Kier alpha value is -1.71. The third-order valence-corrected chi connectivity index (χ3v) is 3.88. The minimum Gasteiger partial charge on any atom is -0.330 e. The van der Waals surface area contributed by atoms with Gasteiger partial charge in [-0.05, 0) is 42.1 Å². The topological polar surface area (TPSA) is 38.9 Å². The summed E-state index contributed by atoms with van der Waals surface area (Å²) in [5, 5.41) is 3.29. The number of nitrogens with two attached hydrogens (primary N) is 1. The van der Waals surface area contributed by atoms with Crippen LogP contribution in [0.25, 0.3) is 21.5 Å². The van der Waals surface area contributed by atoms with Gasteiger partial charge in [0.15, 0.2) is 0 Å². The maximum Gasteiger partial charge on any atom is 0.0812 e. The monoisotopic (exact) mass is 254 g/mol. The number of fused-ring (bicyclic) bond motifs is 1. The molecule has 0 unspecified atom stereocenters. The van der Waals surface area contributed by atoms with E-state index in [0.29, 0.717) is 6.54 Å². The molecule has 0 spiro atoms. The number of thiophene rings is 1. The normalized spacial score (nSPS) is 10.9. The van der Waals surface area contributed by atoms with E-state index in [1.807, 2.05) is 6.07 Å². The number of aromatic nitrogens is 1. The molecule has 0 saturated carbocycles. The number of hydrogen-bond donors (Lipinski definition) is 1. The minimum absolute atomic E-state index is 0.665. The Morgan fingerprint density at radius 3 is 2.78 bits per heavy atom. The van der Waals surface area contributed by atoms with Crippen LogP contribution in [0.3, 0.4) is 0 Å². The van der Waals surface area contributed by atoms with Crippen LogP contribution >= 0.6 is 11.3 Å². The highest BCUT2D eigenvalue weighted by molar-refractivity contribution is 7.13. The van der Waals surface area contributed by atoms with Gasteiger partial charge in [0.2, 0.25) is 0 Å². The Bertz CT molecular complexity index is 659. The summed E-state index contributed by atoms with van der Waals surface area (Å²) in [6, 6.07) is 14.6. The fraction of sp³-hybridized carbons (Fsp3) is 0.133. The molecule has 18 heavy (non-hydrogen) atoms. The van der Waals surface area contributed by atoms with E-state index >= 15 is 0 Å². The summed E-state index contributed by atoms with van der Waals surface area (Å²) in [5.74, 6) is 0. The third kappa shape index (κ3) is 2.03. The number of rotatable bonds is 3. The molecule has 0 aliphatic rings. The van der Waals surface area contributed by atoms with Gasteiger partial charge in [-0.2, -0.15) is 0 Å². The molecular weight excluding hydrogens is 240 g/mol. The summed E-state index contributed by atoms with van der Waals surface area (Å²) in [4.78, 5) is 5.94. The predicted molar refractivity (Wildman–Crippen MR) is 77.8 cm³/mol. The highest BCUT2D eigenvalue weighted by atomic mass is 32.1. The Labute approximate surface area is 110 Å². The molecule has 0 bridgehead atoms. The van der Waals surface area contributed by atoms with E-state index in [0.717, 1.165) is 17.6 Å². The number of pyridine rings is 1. The van der Waals surface area contributed by atoms with Gasteiger partial charge in [0.1, 0.15) is 0 Å². The van der Waals surface area contributed by atoms with Crippen LogP contribution in [0, 0.1) is 0 Å². The summed E-state index contributed by atoms with van der Waals surface area (Å²) in [5.41, 5.74) is 9.08. The van der Waals surface area contributed by atoms with Crippen LogP contribution < -0.4 is 5.73 Å². The van der Waals surface area contributed by atoms with Gasteiger partial charge in [-0.3, -0.25) is 0 Å². The fourth-order valence-corrected chi connectivity index (χ4v) is 2.85. The Kier molecular flexibility index (Phi) is 3.09. The molecule has 0 aliphatic heterocycles. The first-order valence-electron chi connectivity index (χ1n) is 6.01. The van der Waals surface area contributed by atoms with Crippen molar-refractivity contribution in [2.75, 3.05) is 6.54 Å². The van der Waals surface area contributed by atoms with E-state index in [1.54, 1.807) is 11.3 Å². The highest BCUT2D eigenvalue weighted by Crippen LogP contribution is 2.27. The zero-order valence-corrected chi connectivity index (χ0v) is 10.8. The average Bonchev–Trinajstić information content (AvgIpc) is 2.93. The van der Waals surface area contributed by atoms with Crippen molar-refractivity contribution in [1.29, 1.82) is 0 Å². The van der Waals surface area contributed by atoms with Gasteiger partial charge in [0.05, 0.1) is 16.1 Å². The van der Waals surface area contributed by atoms with Crippen LogP contribution in [-0.4, -0.2) is 11.5 Å². The molecule has 1 aromatic carbocycles. The molecule has 3 rings (SSSR count). The molecule has 3 aromatic rings. The van der Waals surface area contributed by atoms with Crippen molar-refractivity contribution in [3.8, 4) is 10.6 Å². The van der Waals surface area contributed by atoms with Crippen LogP contribution in [0.4, 0.5) is 0 Å². The second-order valence-electron chi connectivity index (χ2n) is 4.20. The first-order chi connectivity index (χ1) is 8.88. The van der Waals surface area contributed by atoms with E-state index < -0.39 is 0 Å². The van der Waals surface area contributed by atoms with Gasteiger partial charge >= 0.3 is 0 Å². The van der Waals surface area contributed by atoms with Gasteiger partial charge in [-0.15, -0.1) is 11.3 Å². The predicted octanol–water partition coefficient (Wildman–Crippen LogP) is 3.46. The molecule has 2 nitrogen and oxygen atoms in total. The van der Waals surface area contributed by atoms with Gasteiger partial charge in [0.25, 0.3) is 0 Å². The Morgan fingerprint density at radius 2 is 2.00 bits per heavy atom. The highest BCUT2D eigenvalue weighted by Gasteiger charge is 2.07. The van der Waals surface area contributed by atoms with Crippen LogP contribution in [-0.2, 0) is 6.42 Å². The summed E-state index contributed by atoms with van der Waals surface area (Å²) >= 11 is 1.72. The van der Waals surface area contributed by atoms with Crippen LogP contribution in [0.2, 0.25) is 0 Å². The first-order valence-corrected chi connectivity index (χ1v) is 6.89. The molecule has 0 amide bonds. The molecule has 90 valence electrons. The van der Waals surface area contributed by atoms with E-state index in [2.05, 4.69) is 41.8 Å². The maximum absolute atomic E-state index is 5.70. The molecule has 2 N–H and O–H groups in total. The lowest BCUT2D eigenvalue weighted by Crippen LogP contribution is -2.04. The molecule has 0 atom stereocenters. The van der Waals surface area contributed by atoms with Gasteiger partial charge in [-0.1, -0.05) is 24.3 Å². The summed E-state index contributed by atoms with van der Waals surface area (Å²) in [6.07, 6.45) is 0.890. The van der Waals surface area contributed by atoms with Crippen molar-refractivity contribution in [3.05, 3.63) is 53.4 Å². The molecule has 0 radical (unpaired) electrons. The van der Waals surface area contributed by atoms with Gasteiger partial charge in [-0.25, -0.2) is 4.98 Å². The standard InChI is InChI=1S/C15H14N2S/c16-8-7-11-10-14(15-6-3-9-18-15)17-13-5-2-1-4-12(11)13/h1-6,9-10H,7-8,16H2.